The maximum atomic E-state index is 5.91. The predicted molar refractivity (Wildman–Crippen MR) is 83.6 cm³/mol. The van der Waals surface area contributed by atoms with E-state index >= 15 is 0 Å². The van der Waals surface area contributed by atoms with Gasteiger partial charge in [0.2, 0.25) is 0 Å². The molecule has 0 unspecified atom stereocenters. The van der Waals surface area contributed by atoms with Crippen LogP contribution in [0, 0.1) is 6.92 Å². The summed E-state index contributed by atoms with van der Waals surface area (Å²) in [7, 11) is 1.96. The van der Waals surface area contributed by atoms with E-state index in [1.165, 1.54) is 5.56 Å². The van der Waals surface area contributed by atoms with E-state index in [0.29, 0.717) is 5.88 Å². The van der Waals surface area contributed by atoms with Gasteiger partial charge in [-0.3, -0.25) is 0 Å². The minimum absolute atomic E-state index is 0.576. The second-order valence-corrected chi connectivity index (χ2v) is 5.60. The molecule has 2 aromatic heterocycles. The van der Waals surface area contributed by atoms with Gasteiger partial charge in [-0.05, 0) is 24.6 Å². The largest absolute Gasteiger partial charge is 0.327 e. The Bertz CT molecular complexity index is 759. The first-order valence-corrected chi connectivity index (χ1v) is 7.57. The zero-order valence-electron chi connectivity index (χ0n) is 12.3. The molecule has 2 heterocycles. The highest BCUT2D eigenvalue weighted by atomic mass is 35.5. The van der Waals surface area contributed by atoms with Gasteiger partial charge in [0, 0.05) is 32.3 Å². The molecule has 21 heavy (non-hydrogen) atoms. The first kappa shape index (κ1) is 14.1. The first-order chi connectivity index (χ1) is 10.2. The van der Waals surface area contributed by atoms with Gasteiger partial charge < -0.3 is 9.13 Å². The normalized spacial score (nSPS) is 11.4. The van der Waals surface area contributed by atoms with Crippen molar-refractivity contribution < 1.29 is 0 Å². The average Bonchev–Trinajstić information content (AvgIpc) is 3.00. The fraction of sp³-hybridized carbons (Fsp3) is 0.400. The van der Waals surface area contributed by atoms with Crippen molar-refractivity contribution in [1.82, 2.24) is 24.3 Å². The maximum absolute atomic E-state index is 5.91. The van der Waals surface area contributed by atoms with E-state index in [4.69, 9.17) is 16.6 Å². The number of hydrogen-bond acceptors (Lipinski definition) is 3. The summed E-state index contributed by atoms with van der Waals surface area (Å²) in [6.45, 7) is 2.91. The lowest BCUT2D eigenvalue weighted by Gasteiger charge is -2.08. The highest BCUT2D eigenvalue weighted by molar-refractivity contribution is 6.17. The van der Waals surface area contributed by atoms with Crippen molar-refractivity contribution in [2.45, 2.75) is 26.3 Å². The Hall–Kier alpha value is -1.88. The maximum Gasteiger partial charge on any atom is 0.134 e. The van der Waals surface area contributed by atoms with E-state index in [1.807, 2.05) is 11.6 Å². The van der Waals surface area contributed by atoms with Gasteiger partial charge in [0.25, 0.3) is 0 Å². The van der Waals surface area contributed by atoms with Crippen LogP contribution in [-0.4, -0.2) is 30.2 Å². The number of benzene rings is 1. The van der Waals surface area contributed by atoms with Crippen LogP contribution in [0.15, 0.2) is 24.5 Å². The molecule has 6 heteroatoms. The first-order valence-electron chi connectivity index (χ1n) is 7.03. The molecule has 0 bridgehead atoms. The van der Waals surface area contributed by atoms with Crippen LogP contribution < -0.4 is 0 Å². The summed E-state index contributed by atoms with van der Waals surface area (Å²) in [5.74, 6) is 2.58. The fourth-order valence-electron chi connectivity index (χ4n) is 2.56. The second kappa shape index (κ2) is 5.85. The topological polar surface area (TPSA) is 48.5 Å². The lowest BCUT2D eigenvalue weighted by Crippen LogP contribution is -2.09. The van der Waals surface area contributed by atoms with Gasteiger partial charge in [-0.25, -0.2) is 4.98 Å². The third-order valence-corrected chi connectivity index (χ3v) is 3.85. The number of fused-ring (bicyclic) bond motifs is 1. The SMILES string of the molecule is Cc1ccc2c(c1)nc(CCCl)n2CCc1nncn1C. The number of imidazole rings is 1. The predicted octanol–water partition coefficient (Wildman–Crippen LogP) is 2.50. The minimum Gasteiger partial charge on any atom is -0.327 e. The summed E-state index contributed by atoms with van der Waals surface area (Å²) in [4.78, 5) is 4.72. The Morgan fingerprint density at radius 2 is 2.05 bits per heavy atom. The van der Waals surface area contributed by atoms with E-state index in [0.717, 1.165) is 42.1 Å². The summed E-state index contributed by atoms with van der Waals surface area (Å²) in [5, 5.41) is 8.06. The number of nitrogens with zero attached hydrogens (tertiary/aromatic N) is 5. The molecule has 0 atom stereocenters. The van der Waals surface area contributed by atoms with Crippen molar-refractivity contribution in [2.75, 3.05) is 5.88 Å². The lowest BCUT2D eigenvalue weighted by molar-refractivity contribution is 0.637. The van der Waals surface area contributed by atoms with Crippen LogP contribution in [0.5, 0.6) is 0 Å². The van der Waals surface area contributed by atoms with Crippen molar-refractivity contribution in [3.8, 4) is 0 Å². The Morgan fingerprint density at radius 1 is 1.19 bits per heavy atom. The van der Waals surface area contributed by atoms with Crippen LogP contribution in [0.2, 0.25) is 0 Å². The van der Waals surface area contributed by atoms with Gasteiger partial charge in [-0.1, -0.05) is 6.07 Å². The molecule has 0 aliphatic carbocycles. The van der Waals surface area contributed by atoms with Crippen LogP contribution in [0.3, 0.4) is 0 Å². The molecule has 0 N–H and O–H groups in total. The van der Waals surface area contributed by atoms with Crippen LogP contribution in [-0.2, 0) is 26.4 Å². The summed E-state index contributed by atoms with van der Waals surface area (Å²) in [6, 6.07) is 6.37. The van der Waals surface area contributed by atoms with Crippen LogP contribution >= 0.6 is 11.6 Å². The standard InChI is InChI=1S/C15H18ClN5/c1-11-3-4-13-12(9-11)18-14(5-7-16)21(13)8-6-15-19-17-10-20(15)2/h3-4,9-10H,5-8H2,1-2H3. The number of alkyl halides is 1. The molecule has 5 nitrogen and oxygen atoms in total. The molecule has 0 radical (unpaired) electrons. The molecule has 0 aliphatic rings. The number of hydrogen-bond donors (Lipinski definition) is 0. The summed E-state index contributed by atoms with van der Waals surface area (Å²) in [6.07, 6.45) is 3.32. The Labute approximate surface area is 128 Å². The third-order valence-electron chi connectivity index (χ3n) is 3.67. The second-order valence-electron chi connectivity index (χ2n) is 5.22. The molecule has 3 rings (SSSR count). The smallest absolute Gasteiger partial charge is 0.134 e. The highest BCUT2D eigenvalue weighted by Crippen LogP contribution is 2.19. The molecule has 0 saturated heterocycles. The third kappa shape index (κ3) is 2.78. The summed E-state index contributed by atoms with van der Waals surface area (Å²) in [5.41, 5.74) is 3.41. The van der Waals surface area contributed by atoms with Gasteiger partial charge in [0.1, 0.15) is 18.0 Å². The highest BCUT2D eigenvalue weighted by Gasteiger charge is 2.11. The molecular formula is C15H18ClN5. The Morgan fingerprint density at radius 3 is 2.76 bits per heavy atom. The lowest BCUT2D eigenvalue weighted by atomic mass is 10.2. The van der Waals surface area contributed by atoms with Crippen LogP contribution in [0.4, 0.5) is 0 Å². The molecule has 110 valence electrons. The van der Waals surface area contributed by atoms with Gasteiger partial charge in [-0.2, -0.15) is 0 Å². The summed E-state index contributed by atoms with van der Waals surface area (Å²) < 4.78 is 4.19. The van der Waals surface area contributed by atoms with Crippen molar-refractivity contribution in [1.29, 1.82) is 0 Å². The van der Waals surface area contributed by atoms with Gasteiger partial charge in [0.05, 0.1) is 11.0 Å². The van der Waals surface area contributed by atoms with E-state index in [-0.39, 0.29) is 0 Å². The molecule has 0 aliphatic heterocycles. The zero-order chi connectivity index (χ0) is 14.8. The van der Waals surface area contributed by atoms with Gasteiger partial charge in [-0.15, -0.1) is 21.8 Å². The van der Waals surface area contributed by atoms with Crippen molar-refractivity contribution >= 4 is 22.6 Å². The molecular weight excluding hydrogens is 286 g/mol. The van der Waals surface area contributed by atoms with E-state index in [2.05, 4.69) is 39.9 Å². The number of aromatic nitrogens is 5. The molecule has 0 amide bonds. The fourth-order valence-corrected chi connectivity index (χ4v) is 2.73. The van der Waals surface area contributed by atoms with Crippen LogP contribution in [0.1, 0.15) is 17.2 Å². The number of rotatable bonds is 5. The quantitative estimate of drug-likeness (QED) is 0.680. The Balaban J connectivity index is 1.95. The van der Waals surface area contributed by atoms with E-state index in [1.54, 1.807) is 6.33 Å². The van der Waals surface area contributed by atoms with Gasteiger partial charge >= 0.3 is 0 Å². The van der Waals surface area contributed by atoms with Crippen LogP contribution in [0.25, 0.3) is 11.0 Å². The van der Waals surface area contributed by atoms with Crippen molar-refractivity contribution in [2.24, 2.45) is 7.05 Å². The zero-order valence-corrected chi connectivity index (χ0v) is 13.0. The molecule has 0 fully saturated rings. The molecule has 0 spiro atoms. The van der Waals surface area contributed by atoms with Crippen molar-refractivity contribution in [3.05, 3.63) is 41.7 Å². The van der Waals surface area contributed by atoms with Gasteiger partial charge in [0.15, 0.2) is 0 Å². The number of aryl methyl sites for hydroxylation is 5. The molecule has 3 aromatic rings. The van der Waals surface area contributed by atoms with Crippen molar-refractivity contribution in [3.63, 3.8) is 0 Å². The molecule has 0 saturated carbocycles. The molecule has 1 aromatic carbocycles. The minimum atomic E-state index is 0.576. The van der Waals surface area contributed by atoms with E-state index in [9.17, 15) is 0 Å². The van der Waals surface area contributed by atoms with E-state index < -0.39 is 0 Å². The summed E-state index contributed by atoms with van der Waals surface area (Å²) >= 11 is 5.91. The monoisotopic (exact) mass is 303 g/mol. The average molecular weight is 304 g/mol. The number of halogens is 1. The Kier molecular flexibility index (Phi) is 3.92.